The topological polar surface area (TPSA) is 79.8 Å². The minimum atomic E-state index is -0.0599. The lowest BCUT2D eigenvalue weighted by Gasteiger charge is -2.35. The van der Waals surface area contributed by atoms with Crippen molar-refractivity contribution in [1.29, 1.82) is 0 Å². The number of nitrogens with two attached hydrogens (primary N) is 1. The summed E-state index contributed by atoms with van der Waals surface area (Å²) in [5.74, 6) is 1.00. The summed E-state index contributed by atoms with van der Waals surface area (Å²) in [4.78, 5) is 22.6. The fraction of sp³-hybridized carbons (Fsp3) is 0.480. The Hall–Kier alpha value is -2.93. The van der Waals surface area contributed by atoms with E-state index in [2.05, 4.69) is 18.4 Å². The second kappa shape index (κ2) is 9.28. The fourth-order valence-corrected chi connectivity index (χ4v) is 4.88. The molecule has 2 aromatic rings. The van der Waals surface area contributed by atoms with E-state index in [4.69, 9.17) is 15.8 Å². The molecule has 4 heterocycles. The van der Waals surface area contributed by atoms with E-state index in [0.29, 0.717) is 5.57 Å². The van der Waals surface area contributed by atoms with Gasteiger partial charge in [0.15, 0.2) is 5.65 Å². The number of aromatic nitrogens is 3. The summed E-state index contributed by atoms with van der Waals surface area (Å²) in [6, 6.07) is 2.17. The first kappa shape index (κ1) is 22.3. The standard InChI is InChI=1S/C25H34N6O/c1-5-9-17(3)20(6-2)25(32)30-12-8-7-10-22(30)21-14-23-27-24(18(4)15-31(23)28-21)29-13-11-19(26)16-29/h5-6,9,14-15,19,22H,2,7-8,10-13,16,26H2,1,3-4H3/b9-5+,20-17+/t19-,22-/m0/s1. The van der Waals surface area contributed by atoms with Gasteiger partial charge in [-0.2, -0.15) is 5.10 Å². The van der Waals surface area contributed by atoms with Crippen molar-refractivity contribution in [2.24, 2.45) is 5.73 Å². The van der Waals surface area contributed by atoms with Crippen LogP contribution in [0.1, 0.15) is 56.8 Å². The SMILES string of the molecule is C=C/C(C(=O)N1CCCC[C@H]1c1cc2nc(N3CC[C@H](N)C3)c(C)cn2n1)=C(C)\C=C\C. The second-order valence-corrected chi connectivity index (χ2v) is 8.93. The van der Waals surface area contributed by atoms with E-state index in [-0.39, 0.29) is 18.0 Å². The van der Waals surface area contributed by atoms with Crippen LogP contribution in [0.15, 0.2) is 48.2 Å². The Bertz CT molecular complexity index is 1080. The number of carbonyl (C=O) groups excluding carboxylic acids is 1. The summed E-state index contributed by atoms with van der Waals surface area (Å²) in [5.41, 5.74) is 10.5. The zero-order chi connectivity index (χ0) is 22.8. The summed E-state index contributed by atoms with van der Waals surface area (Å²) >= 11 is 0. The Labute approximate surface area is 190 Å². The molecular formula is C25H34N6O. The lowest BCUT2D eigenvalue weighted by Crippen LogP contribution is -2.39. The highest BCUT2D eigenvalue weighted by Crippen LogP contribution is 2.33. The molecular weight excluding hydrogens is 400 g/mol. The van der Waals surface area contributed by atoms with Crippen molar-refractivity contribution >= 4 is 17.4 Å². The predicted molar refractivity (Wildman–Crippen MR) is 129 cm³/mol. The summed E-state index contributed by atoms with van der Waals surface area (Å²) in [6.45, 7) is 12.3. The molecule has 2 aliphatic rings. The molecule has 170 valence electrons. The first-order chi connectivity index (χ1) is 15.4. The maximum Gasteiger partial charge on any atom is 0.254 e. The van der Waals surface area contributed by atoms with Crippen molar-refractivity contribution in [2.45, 2.75) is 58.5 Å². The Morgan fingerprint density at radius 1 is 1.28 bits per heavy atom. The number of fused-ring (bicyclic) bond motifs is 1. The Kier molecular flexibility index (Phi) is 6.46. The van der Waals surface area contributed by atoms with Crippen LogP contribution in [0.2, 0.25) is 0 Å². The first-order valence-corrected chi connectivity index (χ1v) is 11.6. The van der Waals surface area contributed by atoms with Crippen LogP contribution in [0, 0.1) is 6.92 Å². The van der Waals surface area contributed by atoms with Gasteiger partial charge < -0.3 is 15.5 Å². The van der Waals surface area contributed by atoms with Crippen LogP contribution in [-0.4, -0.2) is 51.1 Å². The van der Waals surface area contributed by atoms with Gasteiger partial charge in [-0.3, -0.25) is 4.79 Å². The molecule has 1 amide bonds. The van der Waals surface area contributed by atoms with Gasteiger partial charge in [0.2, 0.25) is 0 Å². The maximum absolute atomic E-state index is 13.5. The quantitative estimate of drug-likeness (QED) is 0.573. The third kappa shape index (κ3) is 4.21. The van der Waals surface area contributed by atoms with E-state index in [1.165, 1.54) is 0 Å². The number of rotatable bonds is 5. The molecule has 0 saturated carbocycles. The highest BCUT2D eigenvalue weighted by Gasteiger charge is 2.32. The number of aryl methyl sites for hydroxylation is 1. The number of hydrogen-bond acceptors (Lipinski definition) is 5. The number of amides is 1. The molecule has 2 aliphatic heterocycles. The molecule has 7 heteroatoms. The van der Waals surface area contributed by atoms with Crippen molar-refractivity contribution in [2.75, 3.05) is 24.5 Å². The Morgan fingerprint density at radius 2 is 2.09 bits per heavy atom. The molecule has 2 N–H and O–H groups in total. The number of allylic oxidation sites excluding steroid dienone is 3. The largest absolute Gasteiger partial charge is 0.355 e. The number of nitrogens with zero attached hydrogens (tertiary/aromatic N) is 5. The highest BCUT2D eigenvalue weighted by molar-refractivity contribution is 5.97. The van der Waals surface area contributed by atoms with Crippen LogP contribution in [-0.2, 0) is 4.79 Å². The molecule has 2 atom stereocenters. The Morgan fingerprint density at radius 3 is 2.78 bits per heavy atom. The van der Waals surface area contributed by atoms with E-state index in [9.17, 15) is 4.79 Å². The average molecular weight is 435 g/mol. The number of likely N-dealkylation sites (tertiary alicyclic amines) is 1. The van der Waals surface area contributed by atoms with Crippen LogP contribution in [0.25, 0.3) is 5.65 Å². The normalized spacial score (nSPS) is 22.6. The van der Waals surface area contributed by atoms with Crippen molar-refractivity contribution in [3.05, 3.63) is 59.5 Å². The first-order valence-electron chi connectivity index (χ1n) is 11.6. The maximum atomic E-state index is 13.5. The van der Waals surface area contributed by atoms with Crippen LogP contribution in [0.5, 0.6) is 0 Å². The molecule has 0 bridgehead atoms. The van der Waals surface area contributed by atoms with Crippen LogP contribution >= 0.6 is 0 Å². The van der Waals surface area contributed by atoms with Gasteiger partial charge >= 0.3 is 0 Å². The van der Waals surface area contributed by atoms with Crippen LogP contribution in [0.4, 0.5) is 5.82 Å². The zero-order valence-electron chi connectivity index (χ0n) is 19.4. The van der Waals surface area contributed by atoms with Crippen molar-refractivity contribution in [3.8, 4) is 0 Å². The van der Waals surface area contributed by atoms with E-state index >= 15 is 0 Å². The molecule has 32 heavy (non-hydrogen) atoms. The van der Waals surface area contributed by atoms with Gasteiger partial charge in [0.1, 0.15) is 5.82 Å². The predicted octanol–water partition coefficient (Wildman–Crippen LogP) is 3.71. The summed E-state index contributed by atoms with van der Waals surface area (Å²) in [7, 11) is 0. The lowest BCUT2D eigenvalue weighted by molar-refractivity contribution is -0.130. The molecule has 0 aliphatic carbocycles. The number of anilines is 1. The molecule has 0 aromatic carbocycles. The lowest BCUT2D eigenvalue weighted by atomic mass is 9.97. The minimum absolute atomic E-state index is 0.0215. The molecule has 0 unspecified atom stereocenters. The third-order valence-corrected chi connectivity index (χ3v) is 6.53. The molecule has 2 aromatic heterocycles. The van der Waals surface area contributed by atoms with Gasteiger partial charge in [-0.05, 0) is 52.0 Å². The zero-order valence-corrected chi connectivity index (χ0v) is 19.4. The van der Waals surface area contributed by atoms with Crippen molar-refractivity contribution in [3.63, 3.8) is 0 Å². The summed E-state index contributed by atoms with van der Waals surface area (Å²) in [6.07, 6.45) is 11.6. The van der Waals surface area contributed by atoms with Gasteiger partial charge in [0, 0.05) is 49.1 Å². The summed E-state index contributed by atoms with van der Waals surface area (Å²) in [5, 5.41) is 4.84. The van der Waals surface area contributed by atoms with Crippen molar-refractivity contribution in [1.82, 2.24) is 19.5 Å². The minimum Gasteiger partial charge on any atom is -0.355 e. The third-order valence-electron chi connectivity index (χ3n) is 6.53. The van der Waals surface area contributed by atoms with Crippen LogP contribution < -0.4 is 10.6 Å². The van der Waals surface area contributed by atoms with Crippen LogP contribution in [0.3, 0.4) is 0 Å². The second-order valence-electron chi connectivity index (χ2n) is 8.93. The molecule has 4 rings (SSSR count). The van der Waals surface area contributed by atoms with Gasteiger partial charge in [-0.25, -0.2) is 9.50 Å². The van der Waals surface area contributed by atoms with E-state index < -0.39 is 0 Å². The average Bonchev–Trinajstić information content (AvgIpc) is 3.39. The monoisotopic (exact) mass is 434 g/mol. The number of piperidine rings is 1. The molecule has 2 saturated heterocycles. The molecule has 2 fully saturated rings. The van der Waals surface area contributed by atoms with E-state index in [1.807, 2.05) is 47.7 Å². The van der Waals surface area contributed by atoms with Crippen molar-refractivity contribution < 1.29 is 4.79 Å². The molecule has 0 radical (unpaired) electrons. The number of carbonyl (C=O) groups is 1. The Balaban J connectivity index is 1.67. The highest BCUT2D eigenvalue weighted by atomic mass is 16.2. The van der Waals surface area contributed by atoms with Gasteiger partial charge in [0.05, 0.1) is 11.7 Å². The smallest absolute Gasteiger partial charge is 0.254 e. The fourth-order valence-electron chi connectivity index (χ4n) is 4.88. The number of hydrogen-bond donors (Lipinski definition) is 1. The van der Waals surface area contributed by atoms with E-state index in [1.54, 1.807) is 6.08 Å². The van der Waals surface area contributed by atoms with Gasteiger partial charge in [-0.15, -0.1) is 0 Å². The summed E-state index contributed by atoms with van der Waals surface area (Å²) < 4.78 is 1.84. The molecule has 7 nitrogen and oxygen atoms in total. The van der Waals surface area contributed by atoms with Gasteiger partial charge in [-0.1, -0.05) is 24.8 Å². The van der Waals surface area contributed by atoms with Gasteiger partial charge in [0.25, 0.3) is 5.91 Å². The molecule has 0 spiro atoms. The van der Waals surface area contributed by atoms with E-state index in [0.717, 1.165) is 73.6 Å².